The van der Waals surface area contributed by atoms with Crippen LogP contribution in [0.1, 0.15) is 45.2 Å². The van der Waals surface area contributed by atoms with E-state index in [2.05, 4.69) is 177 Å². The monoisotopic (exact) mass is 664 g/mol. The highest BCUT2D eigenvalue weighted by molar-refractivity contribution is 7.33. The van der Waals surface area contributed by atoms with Crippen LogP contribution in [0.2, 0.25) is 0 Å². The van der Waals surface area contributed by atoms with Crippen LogP contribution in [0.4, 0.5) is 34.1 Å². The van der Waals surface area contributed by atoms with E-state index < -0.39 is 0 Å². The highest BCUT2D eigenvalue weighted by Gasteiger charge is 2.48. The Morgan fingerprint density at radius 2 is 1.28 bits per heavy atom. The number of ether oxygens (including phenoxy) is 1. The van der Waals surface area contributed by atoms with Gasteiger partial charge in [0.1, 0.15) is 11.5 Å². The van der Waals surface area contributed by atoms with Gasteiger partial charge in [0.05, 0.1) is 5.69 Å². The third kappa shape index (κ3) is 4.29. The fourth-order valence-corrected chi connectivity index (χ4v) is 10.5. The lowest BCUT2D eigenvalue weighted by atomic mass is 9.36. The highest BCUT2D eigenvalue weighted by Crippen LogP contribution is 2.52. The molecule has 0 fully saturated rings. The minimum atomic E-state index is 0.0740. The number of hydrogen-bond donors (Lipinski definition) is 0. The summed E-state index contributed by atoms with van der Waals surface area (Å²) in [4.78, 5) is 4.85. The number of fused-ring (bicyclic) bond motifs is 7. The van der Waals surface area contributed by atoms with Gasteiger partial charge in [0.2, 0.25) is 0 Å². The van der Waals surface area contributed by atoms with Crippen LogP contribution in [-0.4, -0.2) is 6.71 Å². The van der Waals surface area contributed by atoms with Gasteiger partial charge in [-0.25, -0.2) is 0 Å². The van der Waals surface area contributed by atoms with Crippen LogP contribution < -0.4 is 30.2 Å². The molecule has 6 aromatic carbocycles. The van der Waals surface area contributed by atoms with Crippen molar-refractivity contribution >= 4 is 78.0 Å². The molecule has 3 aliphatic rings. The van der Waals surface area contributed by atoms with E-state index in [1.165, 1.54) is 48.3 Å². The summed E-state index contributed by atoms with van der Waals surface area (Å²) in [6, 6.07) is 50.7. The first-order chi connectivity index (χ1) is 24.3. The number of para-hydroxylation sites is 3. The summed E-state index contributed by atoms with van der Waals surface area (Å²) in [5, 5.41) is 1.26. The predicted octanol–water partition coefficient (Wildman–Crippen LogP) is 10.7. The van der Waals surface area contributed by atoms with Crippen LogP contribution in [-0.2, 0) is 10.8 Å². The number of rotatable bonds is 4. The van der Waals surface area contributed by atoms with E-state index in [1.54, 1.807) is 0 Å². The summed E-state index contributed by atoms with van der Waals surface area (Å²) in [6.07, 6.45) is 1.12. The minimum Gasteiger partial charge on any atom is -0.458 e. The first-order valence-corrected chi connectivity index (χ1v) is 18.4. The third-order valence-corrected chi connectivity index (χ3v) is 12.3. The molecule has 0 amide bonds. The van der Waals surface area contributed by atoms with E-state index in [4.69, 9.17) is 4.74 Å². The van der Waals surface area contributed by atoms with E-state index in [1.807, 2.05) is 11.3 Å². The Hall–Kier alpha value is -5.26. The SMILES string of the molecule is CC1(C)CC(C)(C)c2cc3c(cc21)Oc1cccc2c1B3c1sc3ccc(N(c4ccccc4)c4ccccc4)cc3c1N2c1ccccc1. The van der Waals surface area contributed by atoms with E-state index >= 15 is 0 Å². The van der Waals surface area contributed by atoms with Crippen molar-refractivity contribution < 1.29 is 4.74 Å². The summed E-state index contributed by atoms with van der Waals surface area (Å²) in [5.74, 6) is 1.96. The molecule has 0 N–H and O–H groups in total. The lowest BCUT2D eigenvalue weighted by molar-refractivity contribution is 0.402. The first kappa shape index (κ1) is 29.6. The van der Waals surface area contributed by atoms with Crippen molar-refractivity contribution in [1.82, 2.24) is 0 Å². The van der Waals surface area contributed by atoms with E-state index in [-0.39, 0.29) is 17.5 Å². The second-order valence-corrected chi connectivity index (χ2v) is 16.4. The van der Waals surface area contributed by atoms with Crippen LogP contribution in [0.25, 0.3) is 10.1 Å². The largest absolute Gasteiger partial charge is 0.458 e. The number of thiophene rings is 1. The quantitative estimate of drug-likeness (QED) is 0.174. The van der Waals surface area contributed by atoms with Crippen molar-refractivity contribution in [2.45, 2.75) is 44.9 Å². The van der Waals surface area contributed by atoms with E-state index in [9.17, 15) is 0 Å². The van der Waals surface area contributed by atoms with Crippen LogP contribution >= 0.6 is 11.3 Å². The molecular weight excluding hydrogens is 627 g/mol. The Balaban J connectivity index is 1.25. The van der Waals surface area contributed by atoms with E-state index in [0.717, 1.165) is 40.7 Å². The molecule has 1 aromatic heterocycles. The van der Waals surface area contributed by atoms with Crippen molar-refractivity contribution in [2.24, 2.45) is 0 Å². The van der Waals surface area contributed by atoms with Gasteiger partial charge in [-0.3, -0.25) is 0 Å². The summed E-state index contributed by atoms with van der Waals surface area (Å²) in [6.45, 7) is 9.66. The molecule has 0 radical (unpaired) electrons. The van der Waals surface area contributed by atoms with Crippen molar-refractivity contribution in [3.63, 3.8) is 0 Å². The normalized spacial score (nSPS) is 15.9. The Kier molecular flexibility index (Phi) is 6.30. The lowest BCUT2D eigenvalue weighted by Gasteiger charge is -2.39. The van der Waals surface area contributed by atoms with Crippen LogP contribution in [0, 0.1) is 0 Å². The van der Waals surface area contributed by atoms with Gasteiger partial charge in [-0.05, 0) is 112 Å². The number of anilines is 6. The van der Waals surface area contributed by atoms with Crippen molar-refractivity contribution in [2.75, 3.05) is 9.80 Å². The molecular formula is C45H37BN2OS. The molecule has 2 aliphatic heterocycles. The smallest absolute Gasteiger partial charge is 0.268 e. The predicted molar refractivity (Wildman–Crippen MR) is 213 cm³/mol. The average Bonchev–Trinajstić information content (AvgIpc) is 3.58. The molecule has 7 aromatic rings. The Labute approximate surface area is 298 Å². The molecule has 10 rings (SSSR count). The van der Waals surface area contributed by atoms with Gasteiger partial charge in [-0.2, -0.15) is 0 Å². The molecule has 5 heteroatoms. The molecule has 242 valence electrons. The number of nitrogens with zero attached hydrogens (tertiary/aromatic N) is 2. The zero-order valence-corrected chi connectivity index (χ0v) is 29.6. The van der Waals surface area contributed by atoms with Gasteiger partial charge in [-0.15, -0.1) is 11.3 Å². The van der Waals surface area contributed by atoms with Gasteiger partial charge in [0.25, 0.3) is 6.71 Å². The topological polar surface area (TPSA) is 15.7 Å². The summed E-state index contributed by atoms with van der Waals surface area (Å²) < 4.78 is 9.55. The van der Waals surface area contributed by atoms with Gasteiger partial charge >= 0.3 is 0 Å². The molecule has 0 saturated carbocycles. The van der Waals surface area contributed by atoms with Crippen LogP contribution in [0.15, 0.2) is 140 Å². The molecule has 0 unspecified atom stereocenters. The Morgan fingerprint density at radius 1 is 0.640 bits per heavy atom. The molecule has 0 spiro atoms. The molecule has 0 atom stereocenters. The van der Waals surface area contributed by atoms with Gasteiger partial charge in [0, 0.05) is 43.3 Å². The summed E-state index contributed by atoms with van der Waals surface area (Å²) >= 11 is 1.93. The summed E-state index contributed by atoms with van der Waals surface area (Å²) in [7, 11) is 0. The third-order valence-electron chi connectivity index (χ3n) is 11.1. The molecule has 3 heterocycles. The fourth-order valence-electron chi connectivity index (χ4n) is 9.20. The highest BCUT2D eigenvalue weighted by atomic mass is 32.1. The zero-order valence-electron chi connectivity index (χ0n) is 28.8. The Bertz CT molecular complexity index is 2410. The molecule has 50 heavy (non-hydrogen) atoms. The Morgan fingerprint density at radius 3 is 1.96 bits per heavy atom. The van der Waals surface area contributed by atoms with Crippen molar-refractivity contribution in [3.05, 3.63) is 151 Å². The molecule has 3 nitrogen and oxygen atoms in total. The average molecular weight is 665 g/mol. The fraction of sp³-hybridized carbons (Fsp3) is 0.156. The molecule has 0 bridgehead atoms. The van der Waals surface area contributed by atoms with Crippen LogP contribution in [0.3, 0.4) is 0 Å². The standard InChI is InChI=1S/C45H37BN2OS/c1-44(2)28-45(3,4)35-27-39-36(26-34(35)44)46-41-37(21-14-22-38(41)49-39)48(31-19-12-7-13-20-31)42-33-25-32(23-24-40(33)50-43(42)46)47(29-15-8-5-9-16-29)30-17-10-6-11-18-30/h5-27H,28H2,1-4H3. The van der Waals surface area contributed by atoms with Crippen LogP contribution in [0.5, 0.6) is 11.5 Å². The maximum Gasteiger partial charge on any atom is 0.268 e. The minimum absolute atomic E-state index is 0.0740. The maximum atomic E-state index is 6.90. The van der Waals surface area contributed by atoms with Gasteiger partial charge < -0.3 is 14.5 Å². The van der Waals surface area contributed by atoms with Gasteiger partial charge in [0.15, 0.2) is 0 Å². The number of hydrogen-bond acceptors (Lipinski definition) is 4. The summed E-state index contributed by atoms with van der Waals surface area (Å²) in [5.41, 5.74) is 12.6. The van der Waals surface area contributed by atoms with Crippen molar-refractivity contribution in [3.8, 4) is 11.5 Å². The molecule has 1 aliphatic carbocycles. The number of benzene rings is 6. The second kappa shape index (κ2) is 10.6. The zero-order chi connectivity index (χ0) is 33.8. The molecule has 0 saturated heterocycles. The van der Waals surface area contributed by atoms with Crippen molar-refractivity contribution in [1.29, 1.82) is 0 Å². The maximum absolute atomic E-state index is 6.90. The second-order valence-electron chi connectivity index (χ2n) is 15.3. The van der Waals surface area contributed by atoms with Gasteiger partial charge in [-0.1, -0.05) is 94.4 Å². The first-order valence-electron chi connectivity index (χ1n) is 17.6. The van der Waals surface area contributed by atoms with E-state index in [0.29, 0.717) is 0 Å². The lowest BCUT2D eigenvalue weighted by Crippen LogP contribution is -2.58.